The number of nitrogens with zero attached hydrogens (tertiary/aromatic N) is 2. The molecule has 2 amide bonds. The van der Waals surface area contributed by atoms with Gasteiger partial charge >= 0.3 is 12.0 Å². The molecule has 0 atom stereocenters. The third-order valence-corrected chi connectivity index (χ3v) is 3.86. The number of carbonyl (C=O) groups is 2. The molecule has 116 valence electrons. The number of hydrogen-bond acceptors (Lipinski definition) is 3. The molecule has 0 aliphatic heterocycles. The molecule has 0 aromatic carbocycles. The van der Waals surface area contributed by atoms with E-state index < -0.39 is 11.5 Å². The van der Waals surface area contributed by atoms with Crippen molar-refractivity contribution in [3.05, 3.63) is 18.5 Å². The zero-order valence-electron chi connectivity index (χ0n) is 12.0. The molecule has 1 aliphatic rings. The number of amides is 2. The van der Waals surface area contributed by atoms with Crippen molar-refractivity contribution < 1.29 is 14.7 Å². The second-order valence-corrected chi connectivity index (χ2v) is 5.56. The molecule has 0 saturated heterocycles. The summed E-state index contributed by atoms with van der Waals surface area (Å²) in [6, 6.07) is 1.52. The van der Waals surface area contributed by atoms with Gasteiger partial charge in [-0.05, 0) is 18.9 Å². The minimum absolute atomic E-state index is 0.0143. The standard InChI is InChI=1S/C14H22N4O3/c19-12(20)11-14(5-2-1-3-6-14)17-13(21)15-8-10-18-9-4-7-16-18/h4,7,9H,1-3,5-6,8,10-11H2,(H,19,20)(H2,15,17,21). The Kier molecular flexibility index (Phi) is 5.19. The Morgan fingerprint density at radius 1 is 1.29 bits per heavy atom. The van der Waals surface area contributed by atoms with Crippen LogP contribution < -0.4 is 10.6 Å². The van der Waals surface area contributed by atoms with Crippen LogP contribution in [0.1, 0.15) is 38.5 Å². The fourth-order valence-electron chi connectivity index (χ4n) is 2.87. The molecule has 2 rings (SSSR count). The SMILES string of the molecule is O=C(O)CC1(NC(=O)NCCn2cccn2)CCCCC1. The zero-order valence-corrected chi connectivity index (χ0v) is 12.0. The van der Waals surface area contributed by atoms with E-state index in [9.17, 15) is 9.59 Å². The normalized spacial score (nSPS) is 17.1. The van der Waals surface area contributed by atoms with Crippen molar-refractivity contribution in [3.8, 4) is 0 Å². The molecule has 7 nitrogen and oxygen atoms in total. The van der Waals surface area contributed by atoms with Crippen LogP contribution in [0.15, 0.2) is 18.5 Å². The average molecular weight is 294 g/mol. The molecule has 0 unspecified atom stereocenters. The van der Waals surface area contributed by atoms with Gasteiger partial charge in [-0.2, -0.15) is 5.10 Å². The lowest BCUT2D eigenvalue weighted by atomic mass is 9.79. The fourth-order valence-corrected chi connectivity index (χ4v) is 2.87. The quantitative estimate of drug-likeness (QED) is 0.738. The van der Waals surface area contributed by atoms with Gasteiger partial charge in [0.05, 0.1) is 18.5 Å². The summed E-state index contributed by atoms with van der Waals surface area (Å²) < 4.78 is 1.73. The maximum atomic E-state index is 12.0. The zero-order chi connectivity index (χ0) is 15.1. The number of hydrogen-bond donors (Lipinski definition) is 3. The second kappa shape index (κ2) is 7.10. The van der Waals surface area contributed by atoms with E-state index in [2.05, 4.69) is 15.7 Å². The van der Waals surface area contributed by atoms with Crippen LogP contribution in [0.2, 0.25) is 0 Å². The van der Waals surface area contributed by atoms with Crippen LogP contribution in [0.25, 0.3) is 0 Å². The topological polar surface area (TPSA) is 96.3 Å². The van der Waals surface area contributed by atoms with Crippen LogP contribution >= 0.6 is 0 Å². The number of aromatic nitrogens is 2. The van der Waals surface area contributed by atoms with Crippen molar-refractivity contribution >= 4 is 12.0 Å². The average Bonchev–Trinajstić information content (AvgIpc) is 2.91. The Bertz CT molecular complexity index is 467. The van der Waals surface area contributed by atoms with Crippen LogP contribution in [0.3, 0.4) is 0 Å². The third kappa shape index (κ3) is 4.77. The van der Waals surface area contributed by atoms with Crippen molar-refractivity contribution in [1.29, 1.82) is 0 Å². The highest BCUT2D eigenvalue weighted by Gasteiger charge is 2.35. The van der Waals surface area contributed by atoms with E-state index in [1.54, 1.807) is 10.9 Å². The Morgan fingerprint density at radius 3 is 2.67 bits per heavy atom. The molecule has 1 aliphatic carbocycles. The number of carboxylic acids is 1. The summed E-state index contributed by atoms with van der Waals surface area (Å²) in [4.78, 5) is 23.0. The first-order chi connectivity index (χ1) is 10.1. The summed E-state index contributed by atoms with van der Waals surface area (Å²) >= 11 is 0. The Balaban J connectivity index is 1.81. The second-order valence-electron chi connectivity index (χ2n) is 5.56. The number of rotatable bonds is 6. The van der Waals surface area contributed by atoms with Gasteiger partial charge in [0, 0.05) is 18.9 Å². The van der Waals surface area contributed by atoms with Gasteiger partial charge < -0.3 is 15.7 Å². The van der Waals surface area contributed by atoms with Crippen LogP contribution in [0.5, 0.6) is 0 Å². The van der Waals surface area contributed by atoms with E-state index in [0.717, 1.165) is 32.1 Å². The summed E-state index contributed by atoms with van der Waals surface area (Å²) in [6.07, 6.45) is 7.97. The van der Waals surface area contributed by atoms with Gasteiger partial charge in [-0.3, -0.25) is 9.48 Å². The molecule has 21 heavy (non-hydrogen) atoms. The summed E-state index contributed by atoms with van der Waals surface area (Å²) in [5.41, 5.74) is -0.597. The fraction of sp³-hybridized carbons (Fsp3) is 0.643. The number of carbonyl (C=O) groups excluding carboxylic acids is 1. The van der Waals surface area contributed by atoms with E-state index >= 15 is 0 Å². The Labute approximate surface area is 123 Å². The molecule has 0 bridgehead atoms. The van der Waals surface area contributed by atoms with Crippen molar-refractivity contribution in [3.63, 3.8) is 0 Å². The highest BCUT2D eigenvalue weighted by molar-refractivity contribution is 5.76. The number of carboxylic acid groups (broad SMARTS) is 1. The molecule has 7 heteroatoms. The minimum atomic E-state index is -0.867. The number of urea groups is 1. The Morgan fingerprint density at radius 2 is 2.05 bits per heavy atom. The largest absolute Gasteiger partial charge is 0.481 e. The molecule has 3 N–H and O–H groups in total. The van der Waals surface area contributed by atoms with Gasteiger partial charge in [-0.1, -0.05) is 19.3 Å². The summed E-state index contributed by atoms with van der Waals surface area (Å²) in [6.45, 7) is 1.04. The molecule has 0 spiro atoms. The van der Waals surface area contributed by atoms with Gasteiger partial charge in [0.25, 0.3) is 0 Å². The smallest absolute Gasteiger partial charge is 0.315 e. The summed E-state index contributed by atoms with van der Waals surface area (Å²) in [7, 11) is 0. The lowest BCUT2D eigenvalue weighted by Crippen LogP contribution is -2.54. The molecule has 1 saturated carbocycles. The van der Waals surface area contributed by atoms with E-state index in [4.69, 9.17) is 5.11 Å². The monoisotopic (exact) mass is 294 g/mol. The first-order valence-corrected chi connectivity index (χ1v) is 7.35. The maximum absolute atomic E-state index is 12.0. The molecular formula is C14H22N4O3. The van der Waals surface area contributed by atoms with Crippen LogP contribution in [0.4, 0.5) is 4.79 Å². The predicted molar refractivity (Wildman–Crippen MR) is 76.8 cm³/mol. The molecule has 1 aromatic rings. The van der Waals surface area contributed by atoms with Gasteiger partial charge in [0.1, 0.15) is 0 Å². The summed E-state index contributed by atoms with van der Waals surface area (Å²) in [5, 5.41) is 18.8. The van der Waals surface area contributed by atoms with Crippen LogP contribution in [-0.4, -0.2) is 39.0 Å². The molecule has 1 fully saturated rings. The van der Waals surface area contributed by atoms with Crippen molar-refractivity contribution in [2.24, 2.45) is 0 Å². The van der Waals surface area contributed by atoms with E-state index in [1.165, 1.54) is 0 Å². The molecule has 1 heterocycles. The first-order valence-electron chi connectivity index (χ1n) is 7.35. The predicted octanol–water partition coefficient (Wildman–Crippen LogP) is 1.36. The van der Waals surface area contributed by atoms with Gasteiger partial charge in [0.2, 0.25) is 0 Å². The van der Waals surface area contributed by atoms with Gasteiger partial charge in [0.15, 0.2) is 0 Å². The summed E-state index contributed by atoms with van der Waals surface area (Å²) in [5.74, 6) is -0.867. The van der Waals surface area contributed by atoms with Crippen molar-refractivity contribution in [1.82, 2.24) is 20.4 Å². The number of nitrogens with one attached hydrogen (secondary N) is 2. The van der Waals surface area contributed by atoms with E-state index in [-0.39, 0.29) is 12.5 Å². The molecule has 0 radical (unpaired) electrons. The molecule has 1 aromatic heterocycles. The maximum Gasteiger partial charge on any atom is 0.315 e. The highest BCUT2D eigenvalue weighted by atomic mass is 16.4. The minimum Gasteiger partial charge on any atom is -0.481 e. The van der Waals surface area contributed by atoms with E-state index in [0.29, 0.717) is 13.1 Å². The van der Waals surface area contributed by atoms with Gasteiger partial charge in [-0.25, -0.2) is 4.79 Å². The van der Waals surface area contributed by atoms with Crippen LogP contribution in [-0.2, 0) is 11.3 Å². The number of aliphatic carboxylic acids is 1. The lowest BCUT2D eigenvalue weighted by Gasteiger charge is -2.36. The van der Waals surface area contributed by atoms with Crippen LogP contribution in [0, 0.1) is 0 Å². The lowest BCUT2D eigenvalue weighted by molar-refractivity contribution is -0.139. The van der Waals surface area contributed by atoms with Crippen molar-refractivity contribution in [2.45, 2.75) is 50.6 Å². The third-order valence-electron chi connectivity index (χ3n) is 3.86. The molecular weight excluding hydrogens is 272 g/mol. The Hall–Kier alpha value is -2.05. The highest BCUT2D eigenvalue weighted by Crippen LogP contribution is 2.31. The first kappa shape index (κ1) is 15.3. The van der Waals surface area contributed by atoms with Gasteiger partial charge in [-0.15, -0.1) is 0 Å². The van der Waals surface area contributed by atoms with Crippen molar-refractivity contribution in [2.75, 3.05) is 6.54 Å². The van der Waals surface area contributed by atoms with E-state index in [1.807, 2.05) is 12.3 Å².